The Bertz CT molecular complexity index is 863. The van der Waals surface area contributed by atoms with Gasteiger partial charge in [0.15, 0.2) is 5.82 Å². The van der Waals surface area contributed by atoms with Crippen molar-refractivity contribution < 1.29 is 13.9 Å². The van der Waals surface area contributed by atoms with E-state index in [1.807, 2.05) is 13.8 Å². The van der Waals surface area contributed by atoms with Gasteiger partial charge in [-0.15, -0.1) is 0 Å². The average molecular weight is 330 g/mol. The molecule has 7 heteroatoms. The summed E-state index contributed by atoms with van der Waals surface area (Å²) in [4.78, 5) is 8.79. The topological polar surface area (TPSA) is 62.1 Å². The first-order valence-electron chi connectivity index (χ1n) is 7.76. The van der Waals surface area contributed by atoms with E-state index in [9.17, 15) is 4.39 Å². The summed E-state index contributed by atoms with van der Waals surface area (Å²) in [7, 11) is 1.49. The molecule has 0 aliphatic heterocycles. The molecule has 0 amide bonds. The van der Waals surface area contributed by atoms with Gasteiger partial charge in [0.2, 0.25) is 0 Å². The second kappa shape index (κ2) is 6.92. The lowest BCUT2D eigenvalue weighted by atomic mass is 10.1. The third kappa shape index (κ3) is 2.94. The molecule has 1 aromatic carbocycles. The Labute approximate surface area is 139 Å². The van der Waals surface area contributed by atoms with Crippen molar-refractivity contribution in [3.8, 4) is 17.1 Å². The van der Waals surface area contributed by atoms with Gasteiger partial charge in [-0.2, -0.15) is 5.10 Å². The predicted molar refractivity (Wildman–Crippen MR) is 88.2 cm³/mol. The second-order valence-corrected chi connectivity index (χ2v) is 5.37. The molecule has 0 N–H and O–H groups in total. The number of benzene rings is 1. The van der Waals surface area contributed by atoms with E-state index in [1.165, 1.54) is 13.2 Å². The molecule has 0 bridgehead atoms. The lowest BCUT2D eigenvalue weighted by Crippen LogP contribution is -2.05. The molecule has 126 valence electrons. The summed E-state index contributed by atoms with van der Waals surface area (Å²) in [6.45, 7) is 4.90. The lowest BCUT2D eigenvalue weighted by Gasteiger charge is -2.08. The van der Waals surface area contributed by atoms with Crippen LogP contribution in [0.4, 0.5) is 4.39 Å². The number of aromatic nitrogens is 4. The highest BCUT2D eigenvalue weighted by molar-refractivity contribution is 5.79. The summed E-state index contributed by atoms with van der Waals surface area (Å²) >= 11 is 0. The number of hydrogen-bond donors (Lipinski definition) is 0. The number of methoxy groups -OCH3 is 1. The van der Waals surface area contributed by atoms with Crippen molar-refractivity contribution in [3.05, 3.63) is 35.9 Å². The van der Waals surface area contributed by atoms with Crippen LogP contribution in [0.2, 0.25) is 0 Å². The molecule has 2 heterocycles. The molecular formula is C17H19FN4O2. The van der Waals surface area contributed by atoms with Crippen LogP contribution in [0, 0.1) is 12.7 Å². The van der Waals surface area contributed by atoms with Crippen LogP contribution in [0.25, 0.3) is 22.4 Å². The lowest BCUT2D eigenvalue weighted by molar-refractivity contribution is 0.0721. The van der Waals surface area contributed by atoms with Crippen LogP contribution in [0.5, 0.6) is 5.75 Å². The van der Waals surface area contributed by atoms with Crippen LogP contribution in [0.1, 0.15) is 19.0 Å². The Balaban J connectivity index is 2.05. The van der Waals surface area contributed by atoms with Crippen molar-refractivity contribution in [2.24, 2.45) is 0 Å². The zero-order valence-electron chi connectivity index (χ0n) is 13.9. The van der Waals surface area contributed by atoms with Crippen LogP contribution < -0.4 is 4.74 Å². The van der Waals surface area contributed by atoms with Gasteiger partial charge in [0.05, 0.1) is 24.6 Å². The second-order valence-electron chi connectivity index (χ2n) is 5.37. The molecular weight excluding hydrogens is 311 g/mol. The summed E-state index contributed by atoms with van der Waals surface area (Å²) in [5.41, 5.74) is 2.41. The molecule has 2 aromatic heterocycles. The molecule has 6 nitrogen and oxygen atoms in total. The first-order valence-corrected chi connectivity index (χ1v) is 7.76. The third-order valence-corrected chi connectivity index (χ3v) is 3.64. The molecule has 24 heavy (non-hydrogen) atoms. The van der Waals surface area contributed by atoms with Crippen LogP contribution in [-0.2, 0) is 11.5 Å². The Morgan fingerprint density at radius 3 is 2.88 bits per heavy atom. The van der Waals surface area contributed by atoms with Crippen LogP contribution in [0.15, 0.2) is 24.4 Å². The van der Waals surface area contributed by atoms with Crippen molar-refractivity contribution in [1.29, 1.82) is 0 Å². The van der Waals surface area contributed by atoms with E-state index < -0.39 is 5.82 Å². The predicted octanol–water partition coefficient (Wildman–Crippen LogP) is 3.33. The molecule has 0 spiro atoms. The maximum absolute atomic E-state index is 14.2. The highest BCUT2D eigenvalue weighted by Crippen LogP contribution is 2.31. The van der Waals surface area contributed by atoms with Gasteiger partial charge in [-0.25, -0.2) is 19.0 Å². The molecule has 0 fully saturated rings. The fourth-order valence-corrected chi connectivity index (χ4v) is 2.52. The van der Waals surface area contributed by atoms with Crippen LogP contribution in [-0.4, -0.2) is 33.5 Å². The Morgan fingerprint density at radius 1 is 1.29 bits per heavy atom. The molecule has 0 saturated heterocycles. The Hall–Kier alpha value is -2.54. The van der Waals surface area contributed by atoms with Gasteiger partial charge in [0, 0.05) is 6.61 Å². The van der Waals surface area contributed by atoms with Crippen molar-refractivity contribution in [2.45, 2.75) is 27.0 Å². The molecule has 0 radical (unpaired) electrons. The number of hydrogen-bond acceptors (Lipinski definition) is 5. The van der Waals surface area contributed by atoms with Gasteiger partial charge in [0.1, 0.15) is 29.3 Å². The average Bonchev–Trinajstić information content (AvgIpc) is 2.90. The monoisotopic (exact) mass is 330 g/mol. The van der Waals surface area contributed by atoms with E-state index in [1.54, 1.807) is 23.0 Å². The number of rotatable bonds is 6. The van der Waals surface area contributed by atoms with Crippen molar-refractivity contribution >= 4 is 11.0 Å². The Morgan fingerprint density at radius 2 is 2.12 bits per heavy atom. The molecule has 0 aliphatic rings. The fourth-order valence-electron chi connectivity index (χ4n) is 2.52. The van der Waals surface area contributed by atoms with Crippen molar-refractivity contribution in [3.63, 3.8) is 0 Å². The fraction of sp³-hybridized carbons (Fsp3) is 0.353. The zero-order chi connectivity index (χ0) is 17.1. The summed E-state index contributed by atoms with van der Waals surface area (Å²) in [6, 6.07) is 4.63. The van der Waals surface area contributed by atoms with Gasteiger partial charge in [-0.1, -0.05) is 13.0 Å². The van der Waals surface area contributed by atoms with Gasteiger partial charge in [-0.3, -0.25) is 0 Å². The maximum Gasteiger partial charge on any atom is 0.166 e. The van der Waals surface area contributed by atoms with E-state index in [0.717, 1.165) is 17.6 Å². The van der Waals surface area contributed by atoms with Crippen LogP contribution >= 0.6 is 0 Å². The number of aryl methyl sites for hydroxylation is 1. The normalized spacial score (nSPS) is 11.2. The summed E-state index contributed by atoms with van der Waals surface area (Å²) in [5, 5.41) is 4.43. The van der Waals surface area contributed by atoms with Crippen LogP contribution in [0.3, 0.4) is 0 Å². The highest BCUT2D eigenvalue weighted by atomic mass is 19.1. The van der Waals surface area contributed by atoms with Crippen molar-refractivity contribution in [1.82, 2.24) is 19.7 Å². The minimum absolute atomic E-state index is 0.247. The minimum atomic E-state index is -0.426. The Kier molecular flexibility index (Phi) is 4.71. The van der Waals surface area contributed by atoms with E-state index in [2.05, 4.69) is 15.1 Å². The van der Waals surface area contributed by atoms with E-state index in [4.69, 9.17) is 9.47 Å². The number of ether oxygens (including phenoxy) is 2. The first kappa shape index (κ1) is 16.3. The molecule has 0 atom stereocenters. The summed E-state index contributed by atoms with van der Waals surface area (Å²) < 4.78 is 26.7. The number of halogens is 1. The van der Waals surface area contributed by atoms with Gasteiger partial charge in [0.25, 0.3) is 0 Å². The maximum atomic E-state index is 14.2. The zero-order valence-corrected chi connectivity index (χ0v) is 13.9. The third-order valence-electron chi connectivity index (χ3n) is 3.64. The molecule has 0 aliphatic carbocycles. The van der Waals surface area contributed by atoms with E-state index >= 15 is 0 Å². The quantitative estimate of drug-likeness (QED) is 0.649. The molecule has 0 saturated carbocycles. The largest absolute Gasteiger partial charge is 0.496 e. The van der Waals surface area contributed by atoms with Gasteiger partial charge in [-0.05, 0) is 25.5 Å². The SMILES string of the molecule is CCCOCn1nc(C)c2nc(-c3c(F)cccc3OC)ncc21. The first-order chi connectivity index (χ1) is 11.7. The summed E-state index contributed by atoms with van der Waals surface area (Å²) in [6.07, 6.45) is 2.57. The number of fused-ring (bicyclic) bond motifs is 1. The summed E-state index contributed by atoms with van der Waals surface area (Å²) in [5.74, 6) is 0.241. The van der Waals surface area contributed by atoms with Gasteiger partial charge >= 0.3 is 0 Å². The number of nitrogens with zero attached hydrogens (tertiary/aromatic N) is 4. The van der Waals surface area contributed by atoms with Crippen molar-refractivity contribution in [2.75, 3.05) is 13.7 Å². The molecule has 3 aromatic rings. The molecule has 3 rings (SSSR count). The van der Waals surface area contributed by atoms with Gasteiger partial charge < -0.3 is 9.47 Å². The minimum Gasteiger partial charge on any atom is -0.496 e. The smallest absolute Gasteiger partial charge is 0.166 e. The van der Waals surface area contributed by atoms with E-state index in [0.29, 0.717) is 24.6 Å². The highest BCUT2D eigenvalue weighted by Gasteiger charge is 2.17. The molecule has 0 unspecified atom stereocenters. The van der Waals surface area contributed by atoms with E-state index in [-0.39, 0.29) is 11.4 Å². The standard InChI is InChI=1S/C17H19FN4O2/c1-4-8-24-10-22-13-9-19-17(20-16(13)11(2)21-22)15-12(18)6-5-7-14(15)23-3/h5-7,9H,4,8,10H2,1-3H3.